The van der Waals surface area contributed by atoms with Crippen LogP contribution in [-0.2, 0) is 33.3 Å². The molecule has 2 fully saturated rings. The molecule has 41 heavy (non-hydrogen) atoms. The van der Waals surface area contributed by atoms with Crippen molar-refractivity contribution >= 4 is 39.3 Å². The summed E-state index contributed by atoms with van der Waals surface area (Å²) in [6, 6.07) is 0.0710. The van der Waals surface area contributed by atoms with E-state index in [2.05, 4.69) is 10.6 Å². The molecule has 1 aromatic rings. The average molecular weight is 616 g/mol. The van der Waals surface area contributed by atoms with Gasteiger partial charge in [0, 0.05) is 30.5 Å². The third-order valence-electron chi connectivity index (χ3n) is 6.70. The lowest BCUT2D eigenvalue weighted by Gasteiger charge is -2.35. The van der Waals surface area contributed by atoms with Gasteiger partial charge in [-0.3, -0.25) is 28.7 Å². The number of aromatic amines is 1. The first kappa shape index (κ1) is 29.3. The molecule has 5 rings (SSSR count). The van der Waals surface area contributed by atoms with Crippen LogP contribution in [0.1, 0.15) is 6.23 Å². The van der Waals surface area contributed by atoms with Gasteiger partial charge in [-0.25, -0.2) is 4.79 Å². The SMILES string of the molecule is CO[C@H]1[C@@H](O)[C@H](n2ccc(=O)[nH]c2=O)O[C@@H]1[C@@H](O[C@H]1OC(C(=O)NC2C(=O)NC3=CSSC32)=C[C@H](O)[C@@H]1O)C(N)=O. The standard InChI is InChI=1S/C22H25N5O12S2/c1-36-13-12(31)20(27-3-2-9(29)25-22(27)35)38-14(13)15(17(23)32)39-21-11(30)7(28)4-8(37-21)18(33)26-10-16-6(5-40-41-16)24-19(10)34/h2-5,7,10-16,20-21,28,30-31H,1H3,(H2,23,32)(H,24,34)(H,26,33)(H,25,29,35)/t7-,10?,11-,12+,13-,14-,15+,16?,20+,21+/m0/s1. The number of aromatic nitrogens is 2. The number of carbonyl (C=O) groups excluding carboxylic acids is 3. The van der Waals surface area contributed by atoms with Gasteiger partial charge in [-0.05, 0) is 6.08 Å². The summed E-state index contributed by atoms with van der Waals surface area (Å²) in [5, 5.41) is 38.3. The Balaban J connectivity index is 1.33. The molecule has 0 spiro atoms. The smallest absolute Gasteiger partial charge is 0.330 e. The van der Waals surface area contributed by atoms with Crippen molar-refractivity contribution in [2.45, 2.75) is 60.4 Å². The molecule has 5 heterocycles. The molecule has 0 saturated carbocycles. The van der Waals surface area contributed by atoms with Gasteiger partial charge in [0.2, 0.25) is 18.1 Å². The Labute approximate surface area is 237 Å². The van der Waals surface area contributed by atoms with Crippen LogP contribution in [-0.4, -0.2) is 104 Å². The summed E-state index contributed by atoms with van der Waals surface area (Å²) in [4.78, 5) is 63.5. The van der Waals surface area contributed by atoms with E-state index < -0.39 is 89.9 Å². The van der Waals surface area contributed by atoms with E-state index in [1.165, 1.54) is 28.7 Å². The van der Waals surface area contributed by atoms with Crippen LogP contribution < -0.4 is 27.6 Å². The Bertz CT molecular complexity index is 1410. The molecule has 17 nitrogen and oxygen atoms in total. The van der Waals surface area contributed by atoms with Gasteiger partial charge < -0.3 is 50.6 Å². The maximum absolute atomic E-state index is 13.0. The number of nitrogens with two attached hydrogens (primary N) is 1. The van der Waals surface area contributed by atoms with Crippen LogP contribution in [0.5, 0.6) is 0 Å². The van der Waals surface area contributed by atoms with Crippen molar-refractivity contribution in [1.82, 2.24) is 20.2 Å². The number of rotatable bonds is 8. The molecule has 3 amide bonds. The number of hydrogen-bond acceptors (Lipinski definition) is 14. The molecule has 4 aliphatic heterocycles. The van der Waals surface area contributed by atoms with Crippen molar-refractivity contribution in [1.29, 1.82) is 0 Å². The monoisotopic (exact) mass is 615 g/mol. The Kier molecular flexibility index (Phi) is 8.30. The highest BCUT2D eigenvalue weighted by Gasteiger charge is 2.52. The Morgan fingerprint density at radius 1 is 1.22 bits per heavy atom. The zero-order valence-corrected chi connectivity index (χ0v) is 22.6. The lowest BCUT2D eigenvalue weighted by atomic mass is 10.0. The predicted octanol–water partition coefficient (Wildman–Crippen LogP) is -4.14. The van der Waals surface area contributed by atoms with Gasteiger partial charge in [0.05, 0.1) is 5.25 Å². The van der Waals surface area contributed by atoms with Crippen molar-refractivity contribution in [3.8, 4) is 0 Å². The zero-order valence-electron chi connectivity index (χ0n) is 20.9. The number of nitrogens with zero attached hydrogens (tertiary/aromatic N) is 1. The van der Waals surface area contributed by atoms with Crippen LogP contribution >= 0.6 is 21.6 Å². The molecule has 0 bridgehead atoms. The number of methoxy groups -OCH3 is 1. The summed E-state index contributed by atoms with van der Waals surface area (Å²) < 4.78 is 22.9. The van der Waals surface area contributed by atoms with Gasteiger partial charge in [0.25, 0.3) is 11.5 Å². The maximum atomic E-state index is 13.0. The molecule has 10 atom stereocenters. The third kappa shape index (κ3) is 5.54. The van der Waals surface area contributed by atoms with Crippen LogP contribution in [0.4, 0.5) is 0 Å². The largest absolute Gasteiger partial charge is 0.456 e. The van der Waals surface area contributed by atoms with Gasteiger partial charge in [-0.15, -0.1) is 0 Å². The molecule has 4 aliphatic rings. The number of amides is 3. The molecular formula is C22H25N5O12S2. The van der Waals surface area contributed by atoms with Gasteiger partial charge in [-0.1, -0.05) is 21.6 Å². The highest BCUT2D eigenvalue weighted by Crippen LogP contribution is 2.43. The van der Waals surface area contributed by atoms with Gasteiger partial charge in [0.15, 0.2) is 18.1 Å². The summed E-state index contributed by atoms with van der Waals surface area (Å²) in [5.41, 5.74) is 4.56. The number of ether oxygens (including phenoxy) is 4. The lowest BCUT2D eigenvalue weighted by molar-refractivity contribution is -0.241. The number of primary amides is 1. The Morgan fingerprint density at radius 2 is 1.98 bits per heavy atom. The fourth-order valence-corrected chi connectivity index (χ4v) is 7.28. The minimum Gasteiger partial charge on any atom is -0.456 e. The van der Waals surface area contributed by atoms with E-state index >= 15 is 0 Å². The van der Waals surface area contributed by atoms with Crippen LogP contribution in [0, 0.1) is 0 Å². The van der Waals surface area contributed by atoms with E-state index in [1.54, 1.807) is 5.41 Å². The highest BCUT2D eigenvalue weighted by atomic mass is 33.1. The number of aliphatic hydroxyl groups is 3. The lowest BCUT2D eigenvalue weighted by Crippen LogP contribution is -2.54. The summed E-state index contributed by atoms with van der Waals surface area (Å²) >= 11 is 0. The van der Waals surface area contributed by atoms with E-state index in [0.29, 0.717) is 5.70 Å². The highest BCUT2D eigenvalue weighted by molar-refractivity contribution is 8.78. The first-order valence-electron chi connectivity index (χ1n) is 12.0. The topological polar surface area (TPSA) is 254 Å². The molecule has 0 aliphatic carbocycles. The molecule has 8 N–H and O–H groups in total. The molecule has 2 unspecified atom stereocenters. The summed E-state index contributed by atoms with van der Waals surface area (Å²) in [6.45, 7) is 0. The van der Waals surface area contributed by atoms with Crippen LogP contribution in [0.3, 0.4) is 0 Å². The molecular weight excluding hydrogens is 590 g/mol. The van der Waals surface area contributed by atoms with Crippen molar-refractivity contribution in [3.63, 3.8) is 0 Å². The molecule has 19 heteroatoms. The maximum Gasteiger partial charge on any atom is 0.330 e. The van der Waals surface area contributed by atoms with Gasteiger partial charge >= 0.3 is 5.69 Å². The van der Waals surface area contributed by atoms with Crippen molar-refractivity contribution < 1.29 is 48.7 Å². The van der Waals surface area contributed by atoms with E-state index in [1.807, 2.05) is 4.98 Å². The van der Waals surface area contributed by atoms with Crippen molar-refractivity contribution in [2.24, 2.45) is 5.73 Å². The molecule has 0 aromatic carbocycles. The fraction of sp³-hybridized carbons (Fsp3) is 0.500. The van der Waals surface area contributed by atoms with E-state index in [0.717, 1.165) is 22.9 Å². The number of nitrogens with one attached hydrogen (secondary N) is 3. The number of hydrogen-bond donors (Lipinski definition) is 7. The summed E-state index contributed by atoms with van der Waals surface area (Å²) in [6.07, 6.45) is -11.0. The first-order valence-corrected chi connectivity index (χ1v) is 14.3. The third-order valence-corrected chi connectivity index (χ3v) is 9.14. The minimum atomic E-state index is -1.86. The minimum absolute atomic E-state index is 0.359. The second kappa shape index (κ2) is 11.6. The van der Waals surface area contributed by atoms with Crippen molar-refractivity contribution in [3.05, 3.63) is 56.0 Å². The molecule has 1 aromatic heterocycles. The normalized spacial score (nSPS) is 35.1. The number of fused-ring (bicyclic) bond motifs is 1. The predicted molar refractivity (Wildman–Crippen MR) is 138 cm³/mol. The Morgan fingerprint density at radius 3 is 2.66 bits per heavy atom. The quantitative estimate of drug-likeness (QED) is 0.137. The van der Waals surface area contributed by atoms with E-state index in [-0.39, 0.29) is 5.25 Å². The van der Waals surface area contributed by atoms with Gasteiger partial charge in [0.1, 0.15) is 36.6 Å². The number of aliphatic hydroxyl groups excluding tert-OH is 3. The van der Waals surface area contributed by atoms with E-state index in [4.69, 9.17) is 24.7 Å². The second-order valence-electron chi connectivity index (χ2n) is 9.28. The van der Waals surface area contributed by atoms with Crippen LogP contribution in [0.25, 0.3) is 0 Å². The van der Waals surface area contributed by atoms with Crippen molar-refractivity contribution in [2.75, 3.05) is 7.11 Å². The summed E-state index contributed by atoms with van der Waals surface area (Å²) in [5.74, 6) is -3.02. The Hall–Kier alpha value is -3.17. The van der Waals surface area contributed by atoms with Crippen LogP contribution in [0.2, 0.25) is 0 Å². The number of carbonyl (C=O) groups is 3. The fourth-order valence-electron chi connectivity index (χ4n) is 4.69. The summed E-state index contributed by atoms with van der Waals surface area (Å²) in [7, 11) is 3.93. The number of H-pyrrole nitrogens is 1. The molecule has 222 valence electrons. The average Bonchev–Trinajstić information content (AvgIpc) is 3.58. The van der Waals surface area contributed by atoms with Gasteiger partial charge in [-0.2, -0.15) is 0 Å². The van der Waals surface area contributed by atoms with Crippen LogP contribution in [0.15, 0.2) is 44.8 Å². The first-order chi connectivity index (χ1) is 19.5. The second-order valence-corrected chi connectivity index (χ2v) is 11.6. The van der Waals surface area contributed by atoms with E-state index in [9.17, 15) is 39.3 Å². The molecule has 0 radical (unpaired) electrons. The molecule has 2 saturated heterocycles. The zero-order chi connectivity index (χ0) is 29.6.